The first kappa shape index (κ1) is 14.4. The molecule has 0 radical (unpaired) electrons. The lowest BCUT2D eigenvalue weighted by Crippen LogP contribution is -2.39. The molecule has 15 heavy (non-hydrogen) atoms. The highest BCUT2D eigenvalue weighted by Gasteiger charge is 2.03. The minimum Gasteiger partial charge on any atom is -0.380 e. The first-order valence-corrected chi connectivity index (χ1v) is 5.59. The quantitative estimate of drug-likeness (QED) is 0.527. The average molecular weight is 214 g/mol. The Hall–Kier alpha value is -0.580. The fourth-order valence-corrected chi connectivity index (χ4v) is 1.27. The SMILES string of the molecule is C=CN(C)CCN(CCNC)CCNC. The van der Waals surface area contributed by atoms with Crippen LogP contribution in [0.5, 0.6) is 0 Å². The highest BCUT2D eigenvalue weighted by molar-refractivity contribution is 4.69. The molecule has 4 heteroatoms. The number of nitrogens with zero attached hydrogens (tertiary/aromatic N) is 2. The van der Waals surface area contributed by atoms with Crippen molar-refractivity contribution in [1.29, 1.82) is 0 Å². The fourth-order valence-electron chi connectivity index (χ4n) is 1.27. The maximum absolute atomic E-state index is 3.75. The van der Waals surface area contributed by atoms with Gasteiger partial charge in [-0.05, 0) is 20.3 Å². The molecule has 4 nitrogen and oxygen atoms in total. The zero-order valence-corrected chi connectivity index (χ0v) is 10.4. The molecule has 0 unspecified atom stereocenters. The summed E-state index contributed by atoms with van der Waals surface area (Å²) in [7, 11) is 6.04. The summed E-state index contributed by atoms with van der Waals surface area (Å²) in [6, 6.07) is 0. The molecule has 0 aromatic carbocycles. The van der Waals surface area contributed by atoms with Crippen molar-refractivity contribution in [3.63, 3.8) is 0 Å². The maximum atomic E-state index is 3.75. The van der Waals surface area contributed by atoms with Crippen molar-refractivity contribution in [2.24, 2.45) is 0 Å². The predicted molar refractivity (Wildman–Crippen MR) is 67.1 cm³/mol. The van der Waals surface area contributed by atoms with E-state index in [9.17, 15) is 0 Å². The first-order chi connectivity index (χ1) is 7.24. The highest BCUT2D eigenvalue weighted by Crippen LogP contribution is 1.89. The molecule has 0 bridgehead atoms. The molecule has 2 N–H and O–H groups in total. The monoisotopic (exact) mass is 214 g/mol. The molecule has 0 aliphatic carbocycles. The Morgan fingerprint density at radius 3 is 1.93 bits per heavy atom. The van der Waals surface area contributed by atoms with Crippen molar-refractivity contribution < 1.29 is 0 Å². The fraction of sp³-hybridized carbons (Fsp3) is 0.818. The van der Waals surface area contributed by atoms with Crippen LogP contribution in [0.1, 0.15) is 0 Å². The third kappa shape index (κ3) is 8.42. The van der Waals surface area contributed by atoms with Crippen molar-refractivity contribution in [3.05, 3.63) is 12.8 Å². The van der Waals surface area contributed by atoms with E-state index in [-0.39, 0.29) is 0 Å². The molecule has 0 saturated carbocycles. The molecule has 0 rings (SSSR count). The maximum Gasteiger partial charge on any atom is 0.0296 e. The molecule has 0 aliphatic rings. The topological polar surface area (TPSA) is 30.5 Å². The minimum absolute atomic E-state index is 1.04. The summed E-state index contributed by atoms with van der Waals surface area (Å²) in [6.45, 7) is 10.2. The van der Waals surface area contributed by atoms with Crippen molar-refractivity contribution >= 4 is 0 Å². The number of likely N-dealkylation sites (N-methyl/N-ethyl adjacent to an activating group) is 3. The van der Waals surface area contributed by atoms with Gasteiger partial charge in [0.25, 0.3) is 0 Å². The van der Waals surface area contributed by atoms with Crippen LogP contribution in [-0.2, 0) is 0 Å². The smallest absolute Gasteiger partial charge is 0.0296 e. The van der Waals surface area contributed by atoms with E-state index in [1.807, 2.05) is 20.3 Å². The van der Waals surface area contributed by atoms with E-state index in [0.29, 0.717) is 0 Å². The number of nitrogens with one attached hydrogen (secondary N) is 2. The second kappa shape index (κ2) is 9.96. The number of rotatable bonds is 10. The molecule has 0 saturated heterocycles. The Morgan fingerprint density at radius 1 is 1.00 bits per heavy atom. The third-order valence-electron chi connectivity index (χ3n) is 2.44. The second-order valence-corrected chi connectivity index (χ2v) is 3.71. The van der Waals surface area contributed by atoms with Gasteiger partial charge in [0.2, 0.25) is 0 Å². The van der Waals surface area contributed by atoms with Gasteiger partial charge in [-0.15, -0.1) is 0 Å². The van der Waals surface area contributed by atoms with Gasteiger partial charge in [0, 0.05) is 46.3 Å². The van der Waals surface area contributed by atoms with Crippen LogP contribution in [0.25, 0.3) is 0 Å². The molecule has 0 aliphatic heterocycles. The van der Waals surface area contributed by atoms with E-state index in [4.69, 9.17) is 0 Å². The van der Waals surface area contributed by atoms with Crippen LogP contribution >= 0.6 is 0 Å². The first-order valence-electron chi connectivity index (χ1n) is 5.59. The largest absolute Gasteiger partial charge is 0.380 e. The standard InChI is InChI=1S/C11H26N4/c1-5-14(4)10-11-15(8-6-12-2)9-7-13-3/h5,12-13H,1,6-11H2,2-4H3. The van der Waals surface area contributed by atoms with E-state index >= 15 is 0 Å². The van der Waals surface area contributed by atoms with Crippen LogP contribution in [0.15, 0.2) is 12.8 Å². The summed E-state index contributed by atoms with van der Waals surface area (Å²) in [5.74, 6) is 0. The number of hydrogen-bond acceptors (Lipinski definition) is 4. The molecule has 0 atom stereocenters. The van der Waals surface area contributed by atoms with Crippen LogP contribution in [0.3, 0.4) is 0 Å². The zero-order chi connectivity index (χ0) is 11.5. The molecule has 0 spiro atoms. The van der Waals surface area contributed by atoms with Gasteiger partial charge in [-0.1, -0.05) is 6.58 Å². The normalized spacial score (nSPS) is 10.7. The van der Waals surface area contributed by atoms with Gasteiger partial charge >= 0.3 is 0 Å². The molecule has 0 amide bonds. The predicted octanol–water partition coefficient (Wildman–Crippen LogP) is -0.197. The van der Waals surface area contributed by atoms with Crippen LogP contribution in [0, 0.1) is 0 Å². The van der Waals surface area contributed by atoms with Crippen molar-refractivity contribution in [2.75, 3.05) is 60.4 Å². The van der Waals surface area contributed by atoms with Crippen molar-refractivity contribution in [2.45, 2.75) is 0 Å². The van der Waals surface area contributed by atoms with Crippen LogP contribution in [0.4, 0.5) is 0 Å². The zero-order valence-electron chi connectivity index (χ0n) is 10.4. The summed E-state index contributed by atoms with van der Waals surface area (Å²) in [6.07, 6.45) is 1.87. The molecular weight excluding hydrogens is 188 g/mol. The van der Waals surface area contributed by atoms with Gasteiger partial charge in [-0.25, -0.2) is 0 Å². The molecule has 0 fully saturated rings. The van der Waals surface area contributed by atoms with Gasteiger partial charge in [0.15, 0.2) is 0 Å². The Morgan fingerprint density at radius 2 is 1.53 bits per heavy atom. The minimum atomic E-state index is 1.04. The van der Waals surface area contributed by atoms with Gasteiger partial charge in [-0.3, -0.25) is 4.90 Å². The molecule has 0 aromatic heterocycles. The van der Waals surface area contributed by atoms with Crippen molar-refractivity contribution in [1.82, 2.24) is 20.4 Å². The summed E-state index contributed by atoms with van der Waals surface area (Å²) in [5, 5.41) is 6.36. The lowest BCUT2D eigenvalue weighted by molar-refractivity contribution is 0.252. The molecule has 0 aromatic rings. The lowest BCUT2D eigenvalue weighted by Gasteiger charge is -2.24. The Kier molecular flexibility index (Phi) is 9.57. The van der Waals surface area contributed by atoms with E-state index < -0.39 is 0 Å². The van der Waals surface area contributed by atoms with E-state index in [1.165, 1.54) is 0 Å². The lowest BCUT2D eigenvalue weighted by atomic mass is 10.4. The Bertz CT molecular complexity index is 142. The second-order valence-electron chi connectivity index (χ2n) is 3.71. The summed E-state index contributed by atoms with van der Waals surface area (Å²) < 4.78 is 0. The van der Waals surface area contributed by atoms with E-state index in [2.05, 4.69) is 34.1 Å². The highest BCUT2D eigenvalue weighted by atomic mass is 15.2. The summed E-state index contributed by atoms with van der Waals surface area (Å²) >= 11 is 0. The molecular formula is C11H26N4. The van der Waals surface area contributed by atoms with Crippen LogP contribution in [-0.4, -0.2) is 70.2 Å². The van der Waals surface area contributed by atoms with Gasteiger partial charge in [0.05, 0.1) is 0 Å². The molecule has 0 heterocycles. The number of hydrogen-bond donors (Lipinski definition) is 2. The van der Waals surface area contributed by atoms with E-state index in [1.54, 1.807) is 0 Å². The Labute approximate surface area is 94.3 Å². The summed E-state index contributed by atoms with van der Waals surface area (Å²) in [4.78, 5) is 4.57. The van der Waals surface area contributed by atoms with Gasteiger partial charge in [0.1, 0.15) is 0 Å². The average Bonchev–Trinajstić information content (AvgIpc) is 2.27. The third-order valence-corrected chi connectivity index (χ3v) is 2.44. The van der Waals surface area contributed by atoms with Crippen molar-refractivity contribution in [3.8, 4) is 0 Å². The van der Waals surface area contributed by atoms with E-state index in [0.717, 1.165) is 39.3 Å². The van der Waals surface area contributed by atoms with Gasteiger partial charge < -0.3 is 15.5 Å². The Balaban J connectivity index is 3.72. The van der Waals surface area contributed by atoms with Crippen LogP contribution in [0.2, 0.25) is 0 Å². The molecule has 90 valence electrons. The van der Waals surface area contributed by atoms with Crippen LogP contribution < -0.4 is 10.6 Å². The summed E-state index contributed by atoms with van der Waals surface area (Å²) in [5.41, 5.74) is 0. The van der Waals surface area contributed by atoms with Gasteiger partial charge in [-0.2, -0.15) is 0 Å².